The lowest BCUT2D eigenvalue weighted by atomic mass is 10.1. The summed E-state index contributed by atoms with van der Waals surface area (Å²) >= 11 is 0. The van der Waals surface area contributed by atoms with Crippen molar-refractivity contribution in [1.29, 1.82) is 0 Å². The van der Waals surface area contributed by atoms with E-state index in [0.717, 1.165) is 31.4 Å². The van der Waals surface area contributed by atoms with Crippen LogP contribution in [0.4, 0.5) is 0 Å². The van der Waals surface area contributed by atoms with E-state index < -0.39 is 6.04 Å². The fourth-order valence-corrected chi connectivity index (χ4v) is 2.66. The van der Waals surface area contributed by atoms with Crippen molar-refractivity contribution in [3.05, 3.63) is 54.4 Å². The van der Waals surface area contributed by atoms with Gasteiger partial charge in [0.05, 0.1) is 6.10 Å². The molecule has 2 heterocycles. The molecule has 3 rings (SSSR count). The molecule has 5 nitrogen and oxygen atoms in total. The lowest BCUT2D eigenvalue weighted by Gasteiger charge is -2.23. The third-order valence-corrected chi connectivity index (χ3v) is 3.81. The molecule has 1 saturated heterocycles. The van der Waals surface area contributed by atoms with Gasteiger partial charge in [0.2, 0.25) is 0 Å². The predicted molar refractivity (Wildman–Crippen MR) is 81.4 cm³/mol. The monoisotopic (exact) mass is 300 g/mol. The van der Waals surface area contributed by atoms with Crippen molar-refractivity contribution in [2.75, 3.05) is 13.2 Å². The molecule has 2 aromatic rings. The Morgan fingerprint density at radius 1 is 1.32 bits per heavy atom. The van der Waals surface area contributed by atoms with Crippen LogP contribution in [0.15, 0.2) is 48.8 Å². The van der Waals surface area contributed by atoms with Crippen molar-refractivity contribution in [2.45, 2.75) is 31.4 Å². The Balaban J connectivity index is 1.70. The summed E-state index contributed by atoms with van der Waals surface area (Å²) in [5, 5.41) is 4.19. The maximum atomic E-state index is 12.5. The first-order valence-electron chi connectivity index (χ1n) is 7.67. The van der Waals surface area contributed by atoms with Crippen LogP contribution >= 0.6 is 0 Å². The van der Waals surface area contributed by atoms with Gasteiger partial charge >= 0.3 is 5.97 Å². The van der Waals surface area contributed by atoms with E-state index >= 15 is 0 Å². The third kappa shape index (κ3) is 3.54. The normalized spacial score (nSPS) is 19.5. The molecule has 0 aliphatic carbocycles. The molecule has 0 bridgehead atoms. The van der Waals surface area contributed by atoms with Gasteiger partial charge in [0.1, 0.15) is 6.61 Å². The van der Waals surface area contributed by atoms with E-state index in [2.05, 4.69) is 5.10 Å². The van der Waals surface area contributed by atoms with Crippen LogP contribution in [0.3, 0.4) is 0 Å². The Hall–Kier alpha value is -2.14. The van der Waals surface area contributed by atoms with Gasteiger partial charge in [-0.25, -0.2) is 4.79 Å². The SMILES string of the molecule is O=C(OC[C@H]1CCCCO1)[C@@H](c1ccccc1)n1cccn1. The van der Waals surface area contributed by atoms with E-state index in [-0.39, 0.29) is 12.1 Å². The number of rotatable bonds is 5. The Bertz CT molecular complexity index is 577. The molecule has 1 aromatic carbocycles. The summed E-state index contributed by atoms with van der Waals surface area (Å²) in [6, 6.07) is 10.8. The first-order chi connectivity index (χ1) is 10.8. The van der Waals surface area contributed by atoms with Crippen LogP contribution in [-0.4, -0.2) is 35.1 Å². The molecule has 0 radical (unpaired) electrons. The van der Waals surface area contributed by atoms with Gasteiger partial charge in [-0.15, -0.1) is 0 Å². The molecule has 0 unspecified atom stereocenters. The van der Waals surface area contributed by atoms with E-state index in [1.165, 1.54) is 0 Å². The van der Waals surface area contributed by atoms with Gasteiger partial charge in [-0.1, -0.05) is 30.3 Å². The second kappa shape index (κ2) is 7.22. The third-order valence-electron chi connectivity index (χ3n) is 3.81. The van der Waals surface area contributed by atoms with Gasteiger partial charge in [-0.3, -0.25) is 4.68 Å². The Kier molecular flexibility index (Phi) is 4.85. The van der Waals surface area contributed by atoms with E-state index in [9.17, 15) is 4.79 Å². The molecular weight excluding hydrogens is 280 g/mol. The highest BCUT2D eigenvalue weighted by atomic mass is 16.6. The lowest BCUT2D eigenvalue weighted by molar-refractivity contribution is -0.152. The van der Waals surface area contributed by atoms with Crippen LogP contribution in [0.2, 0.25) is 0 Å². The van der Waals surface area contributed by atoms with Gasteiger partial charge < -0.3 is 9.47 Å². The standard InChI is InChI=1S/C17H20N2O3/c20-17(22-13-15-9-4-5-12-21-15)16(19-11-6-10-18-19)14-7-2-1-3-8-14/h1-3,6-8,10-11,15-16H,4-5,9,12-13H2/t15-,16-/m1/s1. The molecule has 1 aliphatic heterocycles. The average Bonchev–Trinajstić information content (AvgIpc) is 3.09. The Morgan fingerprint density at radius 2 is 2.18 bits per heavy atom. The minimum atomic E-state index is -0.556. The zero-order valence-electron chi connectivity index (χ0n) is 12.4. The second-order valence-electron chi connectivity index (χ2n) is 5.42. The highest BCUT2D eigenvalue weighted by Gasteiger charge is 2.26. The van der Waals surface area contributed by atoms with Gasteiger partial charge in [0.25, 0.3) is 0 Å². The number of hydrogen-bond donors (Lipinski definition) is 0. The number of esters is 1. The fraction of sp³-hybridized carbons (Fsp3) is 0.412. The van der Waals surface area contributed by atoms with E-state index in [1.807, 2.05) is 30.3 Å². The molecule has 1 aromatic heterocycles. The summed E-state index contributed by atoms with van der Waals surface area (Å²) < 4.78 is 12.7. The number of hydrogen-bond acceptors (Lipinski definition) is 4. The molecule has 2 atom stereocenters. The summed E-state index contributed by atoms with van der Waals surface area (Å²) in [6.07, 6.45) is 6.62. The topological polar surface area (TPSA) is 53.4 Å². The molecule has 1 aliphatic rings. The van der Waals surface area contributed by atoms with Gasteiger partial charge in [0, 0.05) is 19.0 Å². The number of carbonyl (C=O) groups excluding carboxylic acids is 1. The van der Waals surface area contributed by atoms with Crippen molar-refractivity contribution in [2.24, 2.45) is 0 Å². The molecule has 0 amide bonds. The van der Waals surface area contributed by atoms with Crippen molar-refractivity contribution >= 4 is 5.97 Å². The molecule has 0 N–H and O–H groups in total. The van der Waals surface area contributed by atoms with Gasteiger partial charge in [-0.2, -0.15) is 5.10 Å². The van der Waals surface area contributed by atoms with Gasteiger partial charge in [-0.05, 0) is 30.9 Å². The molecule has 0 saturated carbocycles. The van der Waals surface area contributed by atoms with Crippen molar-refractivity contribution in [1.82, 2.24) is 9.78 Å². The van der Waals surface area contributed by atoms with Crippen molar-refractivity contribution < 1.29 is 14.3 Å². The van der Waals surface area contributed by atoms with Crippen LogP contribution in [0, 0.1) is 0 Å². The van der Waals surface area contributed by atoms with Crippen molar-refractivity contribution in [3.63, 3.8) is 0 Å². The second-order valence-corrected chi connectivity index (χ2v) is 5.42. The van der Waals surface area contributed by atoms with Crippen molar-refractivity contribution in [3.8, 4) is 0 Å². The van der Waals surface area contributed by atoms with E-state index in [0.29, 0.717) is 6.61 Å². The molecule has 22 heavy (non-hydrogen) atoms. The number of nitrogens with zero attached hydrogens (tertiary/aromatic N) is 2. The average molecular weight is 300 g/mol. The van der Waals surface area contributed by atoms with Crippen LogP contribution in [0.1, 0.15) is 30.9 Å². The summed E-state index contributed by atoms with van der Waals surface area (Å²) in [4.78, 5) is 12.5. The molecule has 5 heteroatoms. The summed E-state index contributed by atoms with van der Waals surface area (Å²) in [5.41, 5.74) is 0.862. The zero-order chi connectivity index (χ0) is 15.2. The van der Waals surface area contributed by atoms with Crippen LogP contribution < -0.4 is 0 Å². The fourth-order valence-electron chi connectivity index (χ4n) is 2.66. The first-order valence-corrected chi connectivity index (χ1v) is 7.67. The minimum absolute atomic E-state index is 0.0201. The molecule has 116 valence electrons. The number of aromatic nitrogens is 2. The van der Waals surface area contributed by atoms with Crippen LogP contribution in [0.5, 0.6) is 0 Å². The Labute approximate surface area is 129 Å². The quantitative estimate of drug-likeness (QED) is 0.796. The van der Waals surface area contributed by atoms with E-state index in [4.69, 9.17) is 9.47 Å². The maximum absolute atomic E-state index is 12.5. The lowest BCUT2D eigenvalue weighted by Crippen LogP contribution is -2.30. The Morgan fingerprint density at radius 3 is 2.86 bits per heavy atom. The summed E-state index contributed by atoms with van der Waals surface area (Å²) in [5.74, 6) is -0.302. The first kappa shape index (κ1) is 14.8. The highest BCUT2D eigenvalue weighted by molar-refractivity contribution is 5.78. The maximum Gasteiger partial charge on any atom is 0.335 e. The van der Waals surface area contributed by atoms with E-state index in [1.54, 1.807) is 23.1 Å². The smallest absolute Gasteiger partial charge is 0.335 e. The largest absolute Gasteiger partial charge is 0.461 e. The summed E-state index contributed by atoms with van der Waals surface area (Å²) in [6.45, 7) is 1.06. The predicted octanol–water partition coefficient (Wildman–Crippen LogP) is 2.58. The summed E-state index contributed by atoms with van der Waals surface area (Å²) in [7, 11) is 0. The molecular formula is C17H20N2O3. The van der Waals surface area contributed by atoms with Gasteiger partial charge in [0.15, 0.2) is 6.04 Å². The molecule has 1 fully saturated rings. The van der Waals surface area contributed by atoms with Crippen LogP contribution in [-0.2, 0) is 14.3 Å². The van der Waals surface area contributed by atoms with Crippen LogP contribution in [0.25, 0.3) is 0 Å². The number of benzene rings is 1. The minimum Gasteiger partial charge on any atom is -0.461 e. The number of carbonyl (C=O) groups is 1. The molecule has 0 spiro atoms. The zero-order valence-corrected chi connectivity index (χ0v) is 12.4. The number of ether oxygens (including phenoxy) is 2. The highest BCUT2D eigenvalue weighted by Crippen LogP contribution is 2.20.